The van der Waals surface area contributed by atoms with E-state index in [4.69, 9.17) is 17.3 Å². The molecule has 0 aliphatic rings. The number of hydrogen-bond acceptors (Lipinski definition) is 4. The van der Waals surface area contributed by atoms with Gasteiger partial charge in [0.25, 0.3) is 0 Å². The minimum Gasteiger partial charge on any atom is -0.351 e. The number of imidazole rings is 1. The summed E-state index contributed by atoms with van der Waals surface area (Å²) >= 11 is 5.70. The van der Waals surface area contributed by atoms with Crippen LogP contribution in [0.1, 0.15) is 0 Å². The van der Waals surface area contributed by atoms with Crippen molar-refractivity contribution in [3.05, 3.63) is 17.8 Å². The van der Waals surface area contributed by atoms with Gasteiger partial charge in [-0.05, 0) is 0 Å². The van der Waals surface area contributed by atoms with Gasteiger partial charge in [-0.25, -0.2) is 24.3 Å². The SMILES string of the molecule is NC(=O)n1cnc2c(Cl)ncnc21. The van der Waals surface area contributed by atoms with Crippen molar-refractivity contribution in [2.24, 2.45) is 5.73 Å². The molecule has 0 bridgehead atoms. The van der Waals surface area contributed by atoms with Crippen LogP contribution >= 0.6 is 11.6 Å². The first-order chi connectivity index (χ1) is 6.20. The van der Waals surface area contributed by atoms with Gasteiger partial charge in [0, 0.05) is 0 Å². The Hall–Kier alpha value is -1.69. The zero-order chi connectivity index (χ0) is 9.42. The highest BCUT2D eigenvalue weighted by Gasteiger charge is 2.10. The highest BCUT2D eigenvalue weighted by Crippen LogP contribution is 2.16. The van der Waals surface area contributed by atoms with Gasteiger partial charge < -0.3 is 5.73 Å². The molecule has 0 aliphatic heterocycles. The van der Waals surface area contributed by atoms with Crippen LogP contribution in [-0.4, -0.2) is 25.6 Å². The van der Waals surface area contributed by atoms with Crippen molar-refractivity contribution in [2.75, 3.05) is 0 Å². The molecular weight excluding hydrogens is 194 g/mol. The number of aromatic nitrogens is 4. The number of fused-ring (bicyclic) bond motifs is 1. The highest BCUT2D eigenvalue weighted by molar-refractivity contribution is 6.33. The molecule has 2 aromatic heterocycles. The molecule has 66 valence electrons. The summed E-state index contributed by atoms with van der Waals surface area (Å²) in [4.78, 5) is 22.2. The molecule has 2 aromatic rings. The molecule has 6 nitrogen and oxygen atoms in total. The zero-order valence-electron chi connectivity index (χ0n) is 6.31. The summed E-state index contributed by atoms with van der Waals surface area (Å²) in [5.41, 5.74) is 5.73. The third-order valence-electron chi connectivity index (χ3n) is 1.53. The lowest BCUT2D eigenvalue weighted by Gasteiger charge is -1.94. The van der Waals surface area contributed by atoms with E-state index in [0.717, 1.165) is 4.57 Å². The van der Waals surface area contributed by atoms with Crippen molar-refractivity contribution in [3.63, 3.8) is 0 Å². The Kier molecular flexibility index (Phi) is 1.63. The fourth-order valence-electron chi connectivity index (χ4n) is 0.968. The summed E-state index contributed by atoms with van der Waals surface area (Å²) in [7, 11) is 0. The third-order valence-corrected chi connectivity index (χ3v) is 1.80. The molecule has 7 heteroatoms. The lowest BCUT2D eigenvalue weighted by atomic mass is 10.5. The molecule has 0 spiro atoms. The van der Waals surface area contributed by atoms with E-state index in [1.54, 1.807) is 0 Å². The van der Waals surface area contributed by atoms with E-state index in [0.29, 0.717) is 11.2 Å². The Morgan fingerprint density at radius 2 is 2.23 bits per heavy atom. The largest absolute Gasteiger partial charge is 0.351 e. The molecule has 0 aliphatic carbocycles. The number of halogens is 1. The first-order valence-corrected chi connectivity index (χ1v) is 3.71. The number of nitrogens with zero attached hydrogens (tertiary/aromatic N) is 4. The molecule has 0 aromatic carbocycles. The predicted octanol–water partition coefficient (Wildman–Crippen LogP) is 0.406. The van der Waals surface area contributed by atoms with Gasteiger partial charge in [0.05, 0.1) is 0 Å². The van der Waals surface area contributed by atoms with Gasteiger partial charge in [-0.2, -0.15) is 0 Å². The smallest absolute Gasteiger partial charge is 0.325 e. The van der Waals surface area contributed by atoms with Crippen LogP contribution in [0.3, 0.4) is 0 Å². The third kappa shape index (κ3) is 1.11. The number of amides is 1. The van der Waals surface area contributed by atoms with Crippen molar-refractivity contribution in [2.45, 2.75) is 0 Å². The van der Waals surface area contributed by atoms with Crippen LogP contribution < -0.4 is 5.73 Å². The van der Waals surface area contributed by atoms with Gasteiger partial charge in [0.15, 0.2) is 10.8 Å². The Labute approximate surface area is 77.4 Å². The van der Waals surface area contributed by atoms with E-state index in [2.05, 4.69) is 15.0 Å². The standard InChI is InChI=1S/C6H4ClN5O/c7-4-3-5(10-1-9-4)12(2-11-3)6(8)13/h1-2H,(H2,8,13). The van der Waals surface area contributed by atoms with Crippen LogP contribution in [-0.2, 0) is 0 Å². The van der Waals surface area contributed by atoms with Gasteiger partial charge in [-0.3, -0.25) is 0 Å². The quantitative estimate of drug-likeness (QED) is 0.620. The van der Waals surface area contributed by atoms with Crippen LogP contribution in [0.15, 0.2) is 12.7 Å². The second-order valence-corrected chi connectivity index (χ2v) is 2.65. The average molecular weight is 198 g/mol. The monoisotopic (exact) mass is 197 g/mol. The lowest BCUT2D eigenvalue weighted by Crippen LogP contribution is -2.18. The number of carbonyl (C=O) groups is 1. The molecule has 0 unspecified atom stereocenters. The van der Waals surface area contributed by atoms with Gasteiger partial charge in [-0.1, -0.05) is 11.6 Å². The summed E-state index contributed by atoms with van der Waals surface area (Å²) in [6.45, 7) is 0. The van der Waals surface area contributed by atoms with E-state index in [9.17, 15) is 4.79 Å². The van der Waals surface area contributed by atoms with Crippen molar-refractivity contribution < 1.29 is 4.79 Å². The Morgan fingerprint density at radius 3 is 2.92 bits per heavy atom. The molecule has 0 saturated heterocycles. The van der Waals surface area contributed by atoms with Crippen LogP contribution in [0.2, 0.25) is 5.15 Å². The fourth-order valence-corrected chi connectivity index (χ4v) is 1.14. The molecule has 0 radical (unpaired) electrons. The van der Waals surface area contributed by atoms with Crippen molar-refractivity contribution >= 4 is 28.8 Å². The first kappa shape index (κ1) is 7.93. The maximum absolute atomic E-state index is 10.8. The van der Waals surface area contributed by atoms with E-state index in [1.807, 2.05) is 0 Å². The minimum atomic E-state index is -0.655. The van der Waals surface area contributed by atoms with E-state index in [1.165, 1.54) is 12.7 Å². The Morgan fingerprint density at radius 1 is 1.46 bits per heavy atom. The van der Waals surface area contributed by atoms with Crippen molar-refractivity contribution in [1.82, 2.24) is 19.5 Å². The molecule has 2 N–H and O–H groups in total. The summed E-state index contributed by atoms with van der Waals surface area (Å²) in [5.74, 6) is 0. The second-order valence-electron chi connectivity index (χ2n) is 2.29. The van der Waals surface area contributed by atoms with Crippen LogP contribution in [0.4, 0.5) is 4.79 Å². The maximum atomic E-state index is 10.8. The molecular formula is C6H4ClN5O. The lowest BCUT2D eigenvalue weighted by molar-refractivity contribution is 0.251. The first-order valence-electron chi connectivity index (χ1n) is 3.33. The molecule has 2 heterocycles. The van der Waals surface area contributed by atoms with Crippen LogP contribution in [0, 0.1) is 0 Å². The van der Waals surface area contributed by atoms with Gasteiger partial charge in [0.1, 0.15) is 18.2 Å². The predicted molar refractivity (Wildman–Crippen MR) is 45.3 cm³/mol. The average Bonchev–Trinajstić information content (AvgIpc) is 2.48. The second kappa shape index (κ2) is 2.67. The number of primary amides is 1. The van der Waals surface area contributed by atoms with Crippen LogP contribution in [0.5, 0.6) is 0 Å². The molecule has 0 fully saturated rings. The van der Waals surface area contributed by atoms with E-state index in [-0.39, 0.29) is 5.15 Å². The molecule has 13 heavy (non-hydrogen) atoms. The Bertz CT molecular complexity index is 479. The van der Waals surface area contributed by atoms with Gasteiger partial charge in [-0.15, -0.1) is 0 Å². The number of carbonyl (C=O) groups excluding carboxylic acids is 1. The van der Waals surface area contributed by atoms with Crippen molar-refractivity contribution in [3.8, 4) is 0 Å². The normalized spacial score (nSPS) is 10.5. The highest BCUT2D eigenvalue weighted by atomic mass is 35.5. The molecule has 0 atom stereocenters. The molecule has 0 saturated carbocycles. The van der Waals surface area contributed by atoms with E-state index >= 15 is 0 Å². The minimum absolute atomic E-state index is 0.199. The summed E-state index contributed by atoms with van der Waals surface area (Å²) in [6.07, 6.45) is 2.50. The van der Waals surface area contributed by atoms with Gasteiger partial charge >= 0.3 is 6.03 Å². The van der Waals surface area contributed by atoms with Crippen molar-refractivity contribution in [1.29, 1.82) is 0 Å². The van der Waals surface area contributed by atoms with Crippen LogP contribution in [0.25, 0.3) is 11.2 Å². The maximum Gasteiger partial charge on any atom is 0.325 e. The summed E-state index contributed by atoms with van der Waals surface area (Å²) in [5, 5.41) is 0.199. The zero-order valence-corrected chi connectivity index (χ0v) is 7.06. The Balaban J connectivity index is 2.83. The molecule has 1 amide bonds. The number of rotatable bonds is 0. The molecule has 2 rings (SSSR count). The number of nitrogens with two attached hydrogens (primary N) is 1. The summed E-state index contributed by atoms with van der Waals surface area (Å²) in [6, 6.07) is -0.655. The van der Waals surface area contributed by atoms with Gasteiger partial charge in [0.2, 0.25) is 0 Å². The summed E-state index contributed by atoms with van der Waals surface area (Å²) < 4.78 is 1.10. The van der Waals surface area contributed by atoms with E-state index < -0.39 is 6.03 Å². The fraction of sp³-hybridized carbons (Fsp3) is 0. The topological polar surface area (TPSA) is 86.7 Å². The number of hydrogen-bond donors (Lipinski definition) is 1.